The maximum Gasteiger partial charge on any atom is 0.251 e. The predicted molar refractivity (Wildman–Crippen MR) is 94.8 cm³/mol. The molecule has 1 aliphatic carbocycles. The molecular formula is C20H26N2O3. The van der Waals surface area contributed by atoms with Crippen molar-refractivity contribution in [3.63, 3.8) is 0 Å². The van der Waals surface area contributed by atoms with Crippen LogP contribution in [0.2, 0.25) is 0 Å². The number of amides is 3. The van der Waals surface area contributed by atoms with E-state index in [1.807, 2.05) is 12.1 Å². The van der Waals surface area contributed by atoms with Gasteiger partial charge in [0.1, 0.15) is 0 Å². The molecule has 1 atom stereocenters. The van der Waals surface area contributed by atoms with Crippen LogP contribution in [0.4, 0.5) is 0 Å². The third-order valence-electron chi connectivity index (χ3n) is 6.55. The first-order chi connectivity index (χ1) is 11.6. The summed E-state index contributed by atoms with van der Waals surface area (Å²) >= 11 is 0. The molecule has 1 saturated carbocycles. The highest BCUT2D eigenvalue weighted by atomic mass is 16.2. The van der Waals surface area contributed by atoms with Crippen LogP contribution in [-0.4, -0.2) is 24.3 Å². The summed E-state index contributed by atoms with van der Waals surface area (Å²) in [7, 11) is 0. The van der Waals surface area contributed by atoms with Crippen LogP contribution in [0.3, 0.4) is 0 Å². The smallest absolute Gasteiger partial charge is 0.251 e. The van der Waals surface area contributed by atoms with Crippen molar-refractivity contribution in [2.75, 3.05) is 6.54 Å². The van der Waals surface area contributed by atoms with E-state index in [9.17, 15) is 14.4 Å². The average molecular weight is 342 g/mol. The molecule has 5 heteroatoms. The van der Waals surface area contributed by atoms with Gasteiger partial charge in [-0.05, 0) is 40.9 Å². The van der Waals surface area contributed by atoms with Gasteiger partial charge in [0.2, 0.25) is 11.8 Å². The standard InChI is InChI=1S/C20H26N2O3/c1-19(2)15(20(19,3)4)11-21-17(24)13-7-5-12(6-8-13)9-14-10-16(23)22-18(14)25/h5-8,14-15H,9-11H2,1-4H3,(H,21,24)(H,22,23,25). The van der Waals surface area contributed by atoms with Crippen molar-refractivity contribution in [3.05, 3.63) is 35.4 Å². The Hall–Kier alpha value is -2.17. The van der Waals surface area contributed by atoms with Crippen LogP contribution in [0.25, 0.3) is 0 Å². The van der Waals surface area contributed by atoms with Gasteiger partial charge in [0.15, 0.2) is 0 Å². The van der Waals surface area contributed by atoms with E-state index in [2.05, 4.69) is 38.3 Å². The van der Waals surface area contributed by atoms with E-state index in [0.717, 1.165) is 5.56 Å². The molecule has 1 saturated heterocycles. The quantitative estimate of drug-likeness (QED) is 0.806. The maximum absolute atomic E-state index is 12.3. The molecule has 2 aliphatic rings. The van der Waals surface area contributed by atoms with Crippen molar-refractivity contribution >= 4 is 17.7 Å². The fourth-order valence-electron chi connectivity index (χ4n) is 3.99. The van der Waals surface area contributed by atoms with Gasteiger partial charge >= 0.3 is 0 Å². The van der Waals surface area contributed by atoms with E-state index >= 15 is 0 Å². The van der Waals surface area contributed by atoms with Crippen LogP contribution in [-0.2, 0) is 16.0 Å². The van der Waals surface area contributed by atoms with Crippen LogP contribution in [0.5, 0.6) is 0 Å². The monoisotopic (exact) mass is 342 g/mol. The normalized spacial score (nSPS) is 24.1. The molecule has 5 nitrogen and oxygen atoms in total. The summed E-state index contributed by atoms with van der Waals surface area (Å²) in [6.07, 6.45) is 0.762. The Morgan fingerprint density at radius 1 is 1.12 bits per heavy atom. The van der Waals surface area contributed by atoms with Gasteiger partial charge < -0.3 is 5.32 Å². The van der Waals surface area contributed by atoms with Crippen molar-refractivity contribution in [1.29, 1.82) is 0 Å². The van der Waals surface area contributed by atoms with Crippen molar-refractivity contribution in [1.82, 2.24) is 10.6 Å². The molecule has 2 N–H and O–H groups in total. The molecule has 1 unspecified atom stereocenters. The van der Waals surface area contributed by atoms with E-state index in [0.29, 0.717) is 24.4 Å². The molecule has 0 bridgehead atoms. The van der Waals surface area contributed by atoms with Gasteiger partial charge in [0, 0.05) is 18.5 Å². The lowest BCUT2D eigenvalue weighted by Gasteiger charge is -2.09. The molecule has 1 aromatic rings. The number of hydrogen-bond donors (Lipinski definition) is 2. The minimum Gasteiger partial charge on any atom is -0.352 e. The highest BCUT2D eigenvalue weighted by Gasteiger charge is 2.64. The van der Waals surface area contributed by atoms with E-state index in [1.165, 1.54) is 0 Å². The zero-order valence-electron chi connectivity index (χ0n) is 15.3. The Bertz CT molecular complexity index is 705. The number of imide groups is 1. The first kappa shape index (κ1) is 17.6. The van der Waals surface area contributed by atoms with Gasteiger partial charge in [-0.1, -0.05) is 39.8 Å². The number of rotatable bonds is 5. The lowest BCUT2D eigenvalue weighted by atomic mass is 9.97. The first-order valence-electron chi connectivity index (χ1n) is 8.84. The fraction of sp³-hybridized carbons (Fsp3) is 0.550. The Morgan fingerprint density at radius 3 is 2.20 bits per heavy atom. The zero-order chi connectivity index (χ0) is 18.4. The zero-order valence-corrected chi connectivity index (χ0v) is 15.3. The van der Waals surface area contributed by atoms with Crippen molar-refractivity contribution < 1.29 is 14.4 Å². The van der Waals surface area contributed by atoms with Gasteiger partial charge in [-0.15, -0.1) is 0 Å². The summed E-state index contributed by atoms with van der Waals surface area (Å²) in [4.78, 5) is 35.2. The minimum absolute atomic E-state index is 0.0705. The maximum atomic E-state index is 12.3. The van der Waals surface area contributed by atoms with Crippen LogP contribution in [0, 0.1) is 22.7 Å². The highest BCUT2D eigenvalue weighted by Crippen LogP contribution is 2.67. The second-order valence-corrected chi connectivity index (χ2v) is 8.42. The topological polar surface area (TPSA) is 75.3 Å². The summed E-state index contributed by atoms with van der Waals surface area (Å²) in [5, 5.41) is 5.35. The number of carbonyl (C=O) groups excluding carboxylic acids is 3. The molecule has 2 fully saturated rings. The summed E-state index contributed by atoms with van der Waals surface area (Å²) in [5.74, 6) is -0.301. The van der Waals surface area contributed by atoms with Gasteiger partial charge in [0.05, 0.1) is 5.92 Å². The van der Waals surface area contributed by atoms with Crippen molar-refractivity contribution in [2.24, 2.45) is 22.7 Å². The van der Waals surface area contributed by atoms with Gasteiger partial charge in [-0.25, -0.2) is 0 Å². The third-order valence-corrected chi connectivity index (χ3v) is 6.55. The molecule has 0 spiro atoms. The summed E-state index contributed by atoms with van der Waals surface area (Å²) in [6.45, 7) is 9.64. The summed E-state index contributed by atoms with van der Waals surface area (Å²) < 4.78 is 0. The van der Waals surface area contributed by atoms with E-state index in [1.54, 1.807) is 12.1 Å². The minimum atomic E-state index is -0.300. The fourth-order valence-corrected chi connectivity index (χ4v) is 3.99. The number of carbonyl (C=O) groups is 3. The lowest BCUT2D eigenvalue weighted by Crippen LogP contribution is -2.27. The molecule has 1 heterocycles. The average Bonchev–Trinajstić information content (AvgIpc) is 2.75. The molecule has 3 rings (SSSR count). The Morgan fingerprint density at radius 2 is 1.72 bits per heavy atom. The molecular weight excluding hydrogens is 316 g/mol. The first-order valence-corrected chi connectivity index (χ1v) is 8.84. The summed E-state index contributed by atoms with van der Waals surface area (Å²) in [5.41, 5.74) is 2.08. The molecule has 1 aliphatic heterocycles. The second-order valence-electron chi connectivity index (χ2n) is 8.42. The Kier molecular flexibility index (Phi) is 4.21. The predicted octanol–water partition coefficient (Wildman–Crippen LogP) is 2.30. The van der Waals surface area contributed by atoms with Crippen LogP contribution in [0.1, 0.15) is 50.0 Å². The van der Waals surface area contributed by atoms with Gasteiger partial charge in [-0.2, -0.15) is 0 Å². The number of benzene rings is 1. The molecule has 3 amide bonds. The molecule has 0 radical (unpaired) electrons. The molecule has 1 aromatic carbocycles. The third kappa shape index (κ3) is 3.20. The molecule has 25 heavy (non-hydrogen) atoms. The van der Waals surface area contributed by atoms with E-state index in [4.69, 9.17) is 0 Å². The Balaban J connectivity index is 1.54. The van der Waals surface area contributed by atoms with Crippen molar-refractivity contribution in [3.8, 4) is 0 Å². The summed E-state index contributed by atoms with van der Waals surface area (Å²) in [6, 6.07) is 7.27. The van der Waals surface area contributed by atoms with Crippen LogP contribution < -0.4 is 10.6 Å². The SMILES string of the molecule is CC1(C)C(CNC(=O)c2ccc(CC3CC(=O)NC3=O)cc2)C1(C)C. The Labute approximate surface area is 148 Å². The van der Waals surface area contributed by atoms with Crippen LogP contribution >= 0.6 is 0 Å². The van der Waals surface area contributed by atoms with E-state index in [-0.39, 0.29) is 40.9 Å². The second kappa shape index (κ2) is 5.97. The molecule has 0 aromatic heterocycles. The molecule has 134 valence electrons. The number of hydrogen-bond acceptors (Lipinski definition) is 3. The van der Waals surface area contributed by atoms with Gasteiger partial charge in [-0.3, -0.25) is 19.7 Å². The van der Waals surface area contributed by atoms with Crippen LogP contribution in [0.15, 0.2) is 24.3 Å². The van der Waals surface area contributed by atoms with Gasteiger partial charge in [0.25, 0.3) is 5.91 Å². The van der Waals surface area contributed by atoms with E-state index < -0.39 is 0 Å². The largest absolute Gasteiger partial charge is 0.352 e. The lowest BCUT2D eigenvalue weighted by molar-refractivity contribution is -0.125. The number of nitrogens with one attached hydrogen (secondary N) is 2. The van der Waals surface area contributed by atoms with Crippen molar-refractivity contribution in [2.45, 2.75) is 40.5 Å². The highest BCUT2D eigenvalue weighted by molar-refractivity contribution is 6.03.